The van der Waals surface area contributed by atoms with Gasteiger partial charge in [0.15, 0.2) is 6.10 Å². The standard InChI is InChI=1S/C28H27F2N3O4S/c29-14-24(15-30)37-23-4-5-26-25(13-23)27(35)32(28(36)33(26)22-6-9-31(18-34)10-7-22)16-19-2-1-3-20(12-19)21-8-11-38-17-21/h1-5,8,11-13,17-18,22,24H,6-7,9-10,14-16H2. The zero-order chi connectivity index (χ0) is 26.6. The molecule has 7 nitrogen and oxygen atoms in total. The lowest BCUT2D eigenvalue weighted by molar-refractivity contribution is -0.119. The maximum Gasteiger partial charge on any atom is 0.332 e. The van der Waals surface area contributed by atoms with E-state index >= 15 is 0 Å². The topological polar surface area (TPSA) is 73.5 Å². The number of carbonyl (C=O) groups is 1. The Morgan fingerprint density at radius 3 is 2.50 bits per heavy atom. The number of piperidine rings is 1. The summed E-state index contributed by atoms with van der Waals surface area (Å²) in [6.45, 7) is -0.955. The van der Waals surface area contributed by atoms with Crippen LogP contribution in [0.15, 0.2) is 68.9 Å². The first-order valence-corrected chi connectivity index (χ1v) is 13.3. The number of rotatable bonds is 9. The van der Waals surface area contributed by atoms with Gasteiger partial charge >= 0.3 is 5.69 Å². The van der Waals surface area contributed by atoms with Gasteiger partial charge in [-0.25, -0.2) is 13.6 Å². The number of fused-ring (bicyclic) bond motifs is 1. The van der Waals surface area contributed by atoms with Crippen LogP contribution in [-0.2, 0) is 11.3 Å². The quantitative estimate of drug-likeness (QED) is 0.295. The molecular formula is C28H27F2N3O4S. The Kier molecular flexibility index (Phi) is 7.69. The number of benzene rings is 2. The van der Waals surface area contributed by atoms with Crippen LogP contribution in [0.5, 0.6) is 5.75 Å². The first-order valence-electron chi connectivity index (χ1n) is 12.4. The number of nitrogens with zero attached hydrogens (tertiary/aromatic N) is 3. The number of hydrogen-bond donors (Lipinski definition) is 0. The maximum atomic E-state index is 13.8. The van der Waals surface area contributed by atoms with Gasteiger partial charge in [-0.3, -0.25) is 18.7 Å². The minimum Gasteiger partial charge on any atom is -0.485 e. The van der Waals surface area contributed by atoms with E-state index in [4.69, 9.17) is 4.74 Å². The summed E-state index contributed by atoms with van der Waals surface area (Å²) in [6.07, 6.45) is 0.648. The fraction of sp³-hybridized carbons (Fsp3) is 0.321. The minimum absolute atomic E-state index is 0.0570. The van der Waals surface area contributed by atoms with E-state index in [1.54, 1.807) is 26.9 Å². The van der Waals surface area contributed by atoms with Crippen LogP contribution in [0.2, 0.25) is 0 Å². The van der Waals surface area contributed by atoms with Crippen molar-refractivity contribution in [1.29, 1.82) is 0 Å². The molecule has 0 saturated carbocycles. The second-order valence-electron chi connectivity index (χ2n) is 9.36. The van der Waals surface area contributed by atoms with Crippen molar-refractivity contribution in [3.8, 4) is 16.9 Å². The van der Waals surface area contributed by atoms with Gasteiger partial charge in [-0.15, -0.1) is 0 Å². The fourth-order valence-electron chi connectivity index (χ4n) is 4.93. The molecule has 0 unspecified atom stereocenters. The zero-order valence-corrected chi connectivity index (χ0v) is 21.4. The number of hydrogen-bond acceptors (Lipinski definition) is 5. The van der Waals surface area contributed by atoms with Gasteiger partial charge in [0.1, 0.15) is 19.1 Å². The number of amides is 1. The highest BCUT2D eigenvalue weighted by atomic mass is 32.1. The van der Waals surface area contributed by atoms with Crippen LogP contribution in [0.4, 0.5) is 8.78 Å². The van der Waals surface area contributed by atoms with Gasteiger partial charge in [0.05, 0.1) is 17.4 Å². The van der Waals surface area contributed by atoms with Gasteiger partial charge in [0, 0.05) is 19.1 Å². The number of aromatic nitrogens is 2. The molecule has 0 radical (unpaired) electrons. The number of alkyl halides is 2. The van der Waals surface area contributed by atoms with Crippen LogP contribution in [0, 0.1) is 0 Å². The van der Waals surface area contributed by atoms with E-state index in [-0.39, 0.29) is 23.7 Å². The maximum absolute atomic E-state index is 13.8. The SMILES string of the molecule is O=CN1CCC(n2c(=O)n(Cc3cccc(-c4ccsc4)c3)c(=O)c3cc(OC(CF)CF)ccc32)CC1. The van der Waals surface area contributed by atoms with Gasteiger partial charge in [0.25, 0.3) is 5.56 Å². The van der Waals surface area contributed by atoms with E-state index in [0.29, 0.717) is 31.4 Å². The van der Waals surface area contributed by atoms with Crippen LogP contribution in [-0.4, -0.2) is 53.0 Å². The third-order valence-corrected chi connectivity index (χ3v) is 7.61. The Labute approximate surface area is 221 Å². The van der Waals surface area contributed by atoms with Crippen molar-refractivity contribution in [2.75, 3.05) is 26.4 Å². The number of carbonyl (C=O) groups excluding carboxylic acids is 1. The van der Waals surface area contributed by atoms with Gasteiger partial charge in [-0.2, -0.15) is 11.3 Å². The van der Waals surface area contributed by atoms with Gasteiger partial charge in [-0.1, -0.05) is 18.2 Å². The third-order valence-electron chi connectivity index (χ3n) is 6.92. The largest absolute Gasteiger partial charge is 0.485 e. The minimum atomic E-state index is -1.27. The van der Waals surface area contributed by atoms with E-state index in [9.17, 15) is 23.2 Å². The molecule has 4 aromatic rings. The summed E-state index contributed by atoms with van der Waals surface area (Å²) in [5.74, 6) is 0.155. The van der Waals surface area contributed by atoms with Crippen molar-refractivity contribution in [2.45, 2.75) is 31.5 Å². The highest BCUT2D eigenvalue weighted by molar-refractivity contribution is 7.08. The molecule has 0 spiro atoms. The summed E-state index contributed by atoms with van der Waals surface area (Å²) in [5, 5.41) is 4.25. The lowest BCUT2D eigenvalue weighted by atomic mass is 10.0. The molecule has 1 saturated heterocycles. The van der Waals surface area contributed by atoms with Crippen LogP contribution < -0.4 is 16.0 Å². The van der Waals surface area contributed by atoms with Crippen molar-refractivity contribution in [3.63, 3.8) is 0 Å². The van der Waals surface area contributed by atoms with E-state index in [1.165, 1.54) is 16.7 Å². The number of halogens is 2. The molecule has 2 aromatic heterocycles. The first kappa shape index (κ1) is 25.8. The lowest BCUT2D eigenvalue weighted by Crippen LogP contribution is -2.44. The molecule has 1 amide bonds. The number of likely N-dealkylation sites (tertiary alicyclic amines) is 1. The van der Waals surface area contributed by atoms with Gasteiger partial charge in [0.2, 0.25) is 6.41 Å². The lowest BCUT2D eigenvalue weighted by Gasteiger charge is -2.31. The summed E-state index contributed by atoms with van der Waals surface area (Å²) in [4.78, 5) is 40.4. The second kappa shape index (κ2) is 11.3. The van der Waals surface area contributed by atoms with Crippen molar-refractivity contribution >= 4 is 28.6 Å². The first-order chi connectivity index (χ1) is 18.5. The molecule has 1 aliphatic heterocycles. The van der Waals surface area contributed by atoms with Crippen LogP contribution in [0.3, 0.4) is 0 Å². The van der Waals surface area contributed by atoms with E-state index in [1.807, 2.05) is 41.1 Å². The Balaban J connectivity index is 1.62. The molecule has 0 aliphatic carbocycles. The predicted molar refractivity (Wildman–Crippen MR) is 144 cm³/mol. The molecular weight excluding hydrogens is 512 g/mol. The summed E-state index contributed by atoms with van der Waals surface area (Å²) in [5.41, 5.74) is 2.31. The molecule has 3 heterocycles. The fourth-order valence-corrected chi connectivity index (χ4v) is 5.60. The molecule has 1 aliphatic rings. The summed E-state index contributed by atoms with van der Waals surface area (Å²) < 4.78 is 34.4. The van der Waals surface area contributed by atoms with Crippen molar-refractivity contribution in [1.82, 2.24) is 14.0 Å². The van der Waals surface area contributed by atoms with Gasteiger partial charge < -0.3 is 9.64 Å². The molecule has 0 N–H and O–H groups in total. The zero-order valence-electron chi connectivity index (χ0n) is 20.6. The Morgan fingerprint density at radius 2 is 1.82 bits per heavy atom. The van der Waals surface area contributed by atoms with E-state index in [2.05, 4.69) is 0 Å². The van der Waals surface area contributed by atoms with Crippen molar-refractivity contribution < 1.29 is 18.3 Å². The predicted octanol–water partition coefficient (Wildman–Crippen LogP) is 4.42. The van der Waals surface area contributed by atoms with E-state index < -0.39 is 30.7 Å². The average Bonchev–Trinajstić information content (AvgIpc) is 3.50. The Hall–Kier alpha value is -3.79. The Morgan fingerprint density at radius 1 is 1.03 bits per heavy atom. The van der Waals surface area contributed by atoms with Crippen LogP contribution in [0.25, 0.3) is 22.0 Å². The summed E-state index contributed by atoms with van der Waals surface area (Å²) >= 11 is 1.59. The molecule has 2 aromatic carbocycles. The monoisotopic (exact) mass is 539 g/mol. The average molecular weight is 540 g/mol. The molecule has 38 heavy (non-hydrogen) atoms. The molecule has 10 heteroatoms. The second-order valence-corrected chi connectivity index (χ2v) is 10.1. The van der Waals surface area contributed by atoms with Crippen LogP contribution >= 0.6 is 11.3 Å². The normalized spacial score (nSPS) is 14.3. The Bertz CT molecular complexity index is 1540. The highest BCUT2D eigenvalue weighted by Gasteiger charge is 2.25. The molecule has 5 rings (SSSR count). The number of ether oxygens (including phenoxy) is 1. The van der Waals surface area contributed by atoms with Crippen LogP contribution in [0.1, 0.15) is 24.4 Å². The van der Waals surface area contributed by atoms with Crippen molar-refractivity contribution in [3.05, 3.63) is 85.7 Å². The highest BCUT2D eigenvalue weighted by Crippen LogP contribution is 2.27. The summed E-state index contributed by atoms with van der Waals surface area (Å²) in [6, 6.07) is 14.0. The molecule has 0 bridgehead atoms. The third kappa shape index (κ3) is 5.13. The smallest absolute Gasteiger partial charge is 0.332 e. The van der Waals surface area contributed by atoms with E-state index in [0.717, 1.165) is 23.1 Å². The van der Waals surface area contributed by atoms with Crippen molar-refractivity contribution in [2.24, 2.45) is 0 Å². The summed E-state index contributed by atoms with van der Waals surface area (Å²) in [7, 11) is 0. The number of thiophene rings is 1. The molecule has 198 valence electrons. The molecule has 0 atom stereocenters. The molecule has 1 fully saturated rings. The van der Waals surface area contributed by atoms with Gasteiger partial charge in [-0.05, 0) is 70.6 Å².